The van der Waals surface area contributed by atoms with Crippen molar-refractivity contribution in [2.24, 2.45) is 0 Å². The fraction of sp³-hybridized carbons (Fsp3) is 0.429. The van der Waals surface area contributed by atoms with Crippen LogP contribution in [0.25, 0.3) is 10.9 Å². The lowest BCUT2D eigenvalue weighted by Gasteiger charge is -2.40. The zero-order chi connectivity index (χ0) is 28.1. The van der Waals surface area contributed by atoms with Crippen molar-refractivity contribution < 1.29 is 13.2 Å². The number of tetrazole rings is 1. The summed E-state index contributed by atoms with van der Waals surface area (Å²) < 4.78 is 41.6. The summed E-state index contributed by atoms with van der Waals surface area (Å²) >= 11 is 0. The van der Waals surface area contributed by atoms with Gasteiger partial charge in [-0.25, -0.2) is 4.68 Å². The predicted molar refractivity (Wildman–Crippen MR) is 144 cm³/mol. The molecule has 1 N–H and O–H groups in total. The number of nitrogens with zero attached hydrogens (tertiary/aromatic N) is 6. The Bertz CT molecular complexity index is 1560. The van der Waals surface area contributed by atoms with Crippen molar-refractivity contribution >= 4 is 16.6 Å². The van der Waals surface area contributed by atoms with Crippen LogP contribution in [0.1, 0.15) is 54.9 Å². The van der Waals surface area contributed by atoms with E-state index in [0.29, 0.717) is 43.3 Å². The van der Waals surface area contributed by atoms with Gasteiger partial charge in [0.05, 0.1) is 16.6 Å². The number of piperazine rings is 1. The largest absolute Gasteiger partial charge is 0.416 e. The Morgan fingerprint density at radius 1 is 0.974 bits per heavy atom. The van der Waals surface area contributed by atoms with E-state index in [4.69, 9.17) is 0 Å². The minimum atomic E-state index is -4.40. The van der Waals surface area contributed by atoms with E-state index in [-0.39, 0.29) is 5.56 Å². The average Bonchev–Trinajstić information content (AvgIpc) is 3.35. The van der Waals surface area contributed by atoms with Gasteiger partial charge < -0.3 is 9.88 Å². The Balaban J connectivity index is 1.54. The molecule has 2 aromatic carbocycles. The molecule has 3 heterocycles. The molecule has 11 heteroatoms. The van der Waals surface area contributed by atoms with Gasteiger partial charge in [0.25, 0.3) is 5.56 Å². The molecule has 39 heavy (non-hydrogen) atoms. The molecule has 0 radical (unpaired) electrons. The van der Waals surface area contributed by atoms with Crippen LogP contribution in [0.15, 0.2) is 47.3 Å². The number of nitrogens with one attached hydrogen (secondary N) is 1. The number of alkyl halides is 3. The lowest BCUT2D eigenvalue weighted by molar-refractivity contribution is -0.137. The topological polar surface area (TPSA) is 82.9 Å². The van der Waals surface area contributed by atoms with E-state index in [1.54, 1.807) is 10.7 Å². The van der Waals surface area contributed by atoms with Crippen LogP contribution < -0.4 is 10.5 Å². The Labute approximate surface area is 224 Å². The zero-order valence-electron chi connectivity index (χ0n) is 22.7. The number of pyridine rings is 1. The number of aromatic nitrogens is 5. The molecule has 5 rings (SSSR count). The van der Waals surface area contributed by atoms with Crippen molar-refractivity contribution in [3.05, 3.63) is 80.9 Å². The van der Waals surface area contributed by atoms with Crippen molar-refractivity contribution in [1.82, 2.24) is 30.1 Å². The number of hydrogen-bond donors (Lipinski definition) is 1. The molecular weight excluding hydrogens is 507 g/mol. The first-order valence-corrected chi connectivity index (χ1v) is 12.9. The maximum Gasteiger partial charge on any atom is 0.416 e. The molecule has 0 bridgehead atoms. The molecule has 206 valence electrons. The monoisotopic (exact) mass is 539 g/mol. The molecule has 0 spiro atoms. The van der Waals surface area contributed by atoms with Crippen molar-refractivity contribution in [1.29, 1.82) is 0 Å². The van der Waals surface area contributed by atoms with Gasteiger partial charge in [-0.3, -0.25) is 9.69 Å². The standard InChI is InChI=1S/C28H32F3N7O/c1-17-13-18(2)23-19(14-17)15-22(26(39)32-23)24(25-33-34-35-38(25)27(3,4)5)37-11-9-36(10-12-37)21-8-6-7-20(16-21)28(29,30)31/h6-8,13-16,24H,9-12H2,1-5H3,(H,32,39)/t24-/m0/s1. The third-order valence-electron chi connectivity index (χ3n) is 7.21. The summed E-state index contributed by atoms with van der Waals surface area (Å²) in [5.41, 5.74) is 2.59. The smallest absolute Gasteiger partial charge is 0.369 e. The number of aromatic amines is 1. The minimum Gasteiger partial charge on any atom is -0.369 e. The zero-order valence-corrected chi connectivity index (χ0v) is 22.7. The highest BCUT2D eigenvalue weighted by Gasteiger charge is 2.36. The lowest BCUT2D eigenvalue weighted by Crippen LogP contribution is -2.49. The SMILES string of the molecule is Cc1cc(C)c2[nH]c(=O)c([C@@H](c3nnnn3C(C)(C)C)N3CCN(c4cccc(C(F)(F)F)c4)CC3)cc2c1. The third-order valence-corrected chi connectivity index (χ3v) is 7.21. The summed E-state index contributed by atoms with van der Waals surface area (Å²) in [6.07, 6.45) is -4.40. The van der Waals surface area contributed by atoms with Crippen LogP contribution >= 0.6 is 0 Å². The van der Waals surface area contributed by atoms with E-state index in [0.717, 1.165) is 28.1 Å². The lowest BCUT2D eigenvalue weighted by atomic mass is 9.99. The molecule has 1 saturated heterocycles. The van der Waals surface area contributed by atoms with E-state index < -0.39 is 23.3 Å². The van der Waals surface area contributed by atoms with Gasteiger partial charge in [-0.2, -0.15) is 13.2 Å². The van der Waals surface area contributed by atoms with Gasteiger partial charge in [-0.05, 0) is 86.3 Å². The summed E-state index contributed by atoms with van der Waals surface area (Å²) in [6, 6.07) is 10.8. The molecule has 1 aliphatic rings. The van der Waals surface area contributed by atoms with Crippen LogP contribution in [0.3, 0.4) is 0 Å². The van der Waals surface area contributed by atoms with Gasteiger partial charge in [0.15, 0.2) is 5.82 Å². The summed E-state index contributed by atoms with van der Waals surface area (Å²) in [7, 11) is 0. The number of hydrogen-bond acceptors (Lipinski definition) is 6. The number of H-pyrrole nitrogens is 1. The quantitative estimate of drug-likeness (QED) is 0.401. The van der Waals surface area contributed by atoms with Crippen LogP contribution in [0.5, 0.6) is 0 Å². The fourth-order valence-electron chi connectivity index (χ4n) is 5.37. The summed E-state index contributed by atoms with van der Waals surface area (Å²) in [6.45, 7) is 11.9. The third kappa shape index (κ3) is 5.27. The van der Waals surface area contributed by atoms with Crippen LogP contribution in [0.2, 0.25) is 0 Å². The van der Waals surface area contributed by atoms with Crippen molar-refractivity contribution in [3.63, 3.8) is 0 Å². The van der Waals surface area contributed by atoms with Gasteiger partial charge in [0.2, 0.25) is 0 Å². The number of anilines is 1. The van der Waals surface area contributed by atoms with E-state index in [9.17, 15) is 18.0 Å². The Kier molecular flexibility index (Phi) is 6.74. The Morgan fingerprint density at radius 2 is 1.69 bits per heavy atom. The first kappa shape index (κ1) is 26.9. The van der Waals surface area contributed by atoms with E-state index in [2.05, 4.69) is 25.4 Å². The normalized spacial score (nSPS) is 16.2. The molecular formula is C28H32F3N7O. The molecule has 1 aliphatic heterocycles. The first-order valence-electron chi connectivity index (χ1n) is 12.9. The minimum absolute atomic E-state index is 0.219. The number of halogens is 3. The second kappa shape index (κ2) is 9.78. The van der Waals surface area contributed by atoms with Crippen molar-refractivity contribution in [2.75, 3.05) is 31.1 Å². The van der Waals surface area contributed by atoms with Gasteiger partial charge in [0, 0.05) is 37.4 Å². The van der Waals surface area contributed by atoms with Crippen LogP contribution in [-0.4, -0.2) is 56.3 Å². The fourth-order valence-corrected chi connectivity index (χ4v) is 5.37. The van der Waals surface area contributed by atoms with Crippen LogP contribution in [-0.2, 0) is 11.7 Å². The molecule has 4 aromatic rings. The van der Waals surface area contributed by atoms with Crippen LogP contribution in [0.4, 0.5) is 18.9 Å². The molecule has 0 aliphatic carbocycles. The second-order valence-corrected chi connectivity index (χ2v) is 11.2. The highest BCUT2D eigenvalue weighted by atomic mass is 19.4. The highest BCUT2D eigenvalue weighted by Crippen LogP contribution is 2.34. The number of benzene rings is 2. The molecule has 0 saturated carbocycles. The molecule has 8 nitrogen and oxygen atoms in total. The molecule has 0 amide bonds. The summed E-state index contributed by atoms with van der Waals surface area (Å²) in [5, 5.41) is 13.5. The van der Waals surface area contributed by atoms with E-state index in [1.165, 1.54) is 12.1 Å². The Hall–Kier alpha value is -3.73. The average molecular weight is 540 g/mol. The predicted octanol–water partition coefficient (Wildman–Crippen LogP) is 4.82. The summed E-state index contributed by atoms with van der Waals surface area (Å²) in [5.74, 6) is 0.546. The second-order valence-electron chi connectivity index (χ2n) is 11.2. The summed E-state index contributed by atoms with van der Waals surface area (Å²) in [4.78, 5) is 20.7. The molecule has 0 unspecified atom stereocenters. The van der Waals surface area contributed by atoms with Gasteiger partial charge in [-0.1, -0.05) is 17.7 Å². The number of rotatable bonds is 4. The van der Waals surface area contributed by atoms with Crippen molar-refractivity contribution in [3.8, 4) is 0 Å². The maximum atomic E-state index is 13.6. The molecule has 1 atom stereocenters. The maximum absolute atomic E-state index is 13.6. The van der Waals surface area contributed by atoms with Crippen LogP contribution in [0, 0.1) is 13.8 Å². The van der Waals surface area contributed by atoms with E-state index >= 15 is 0 Å². The highest BCUT2D eigenvalue weighted by molar-refractivity contribution is 5.83. The van der Waals surface area contributed by atoms with E-state index in [1.807, 2.05) is 57.7 Å². The molecule has 2 aromatic heterocycles. The van der Waals surface area contributed by atoms with Crippen molar-refractivity contribution in [2.45, 2.75) is 52.4 Å². The number of aryl methyl sites for hydroxylation is 2. The Morgan fingerprint density at radius 3 is 2.36 bits per heavy atom. The van der Waals surface area contributed by atoms with Gasteiger partial charge in [0.1, 0.15) is 6.04 Å². The molecule has 1 fully saturated rings. The number of fused-ring (bicyclic) bond motifs is 1. The van der Waals surface area contributed by atoms with Gasteiger partial charge >= 0.3 is 6.18 Å². The van der Waals surface area contributed by atoms with Gasteiger partial charge in [-0.15, -0.1) is 5.10 Å². The first-order chi connectivity index (χ1) is 18.3.